The number of amides is 1. The Labute approximate surface area is 187 Å². The van der Waals surface area contributed by atoms with Crippen LogP contribution in [-0.4, -0.2) is 54.3 Å². The summed E-state index contributed by atoms with van der Waals surface area (Å²) in [7, 11) is -2.42. The molecule has 170 valence electrons. The Kier molecular flexibility index (Phi) is 5.72. The van der Waals surface area contributed by atoms with Gasteiger partial charge in [-0.25, -0.2) is 8.42 Å². The van der Waals surface area contributed by atoms with E-state index in [1.54, 1.807) is 11.1 Å². The molecule has 0 unspecified atom stereocenters. The van der Waals surface area contributed by atoms with E-state index in [0.717, 1.165) is 27.3 Å². The lowest BCUT2D eigenvalue weighted by molar-refractivity contribution is -0.137. The first-order valence-electron chi connectivity index (χ1n) is 9.70. The van der Waals surface area contributed by atoms with Gasteiger partial charge in [-0.1, -0.05) is 29.8 Å². The highest BCUT2D eigenvalue weighted by Crippen LogP contribution is 2.34. The average molecular weight is 486 g/mol. The molecule has 0 bridgehead atoms. The second-order valence-electron chi connectivity index (χ2n) is 7.51. The van der Waals surface area contributed by atoms with Gasteiger partial charge in [0, 0.05) is 50.3 Å². The number of halogens is 4. The summed E-state index contributed by atoms with van der Waals surface area (Å²) in [5.74, 6) is -0.226. The lowest BCUT2D eigenvalue weighted by atomic mass is 10.1. The molecule has 1 saturated heterocycles. The average Bonchev–Trinajstić information content (AvgIpc) is 3.09. The van der Waals surface area contributed by atoms with Crippen molar-refractivity contribution >= 4 is 38.4 Å². The minimum absolute atomic E-state index is 0.0502. The monoisotopic (exact) mass is 485 g/mol. The predicted molar refractivity (Wildman–Crippen MR) is 114 cm³/mol. The molecule has 11 heteroatoms. The van der Waals surface area contributed by atoms with Crippen LogP contribution in [0.1, 0.15) is 15.9 Å². The van der Waals surface area contributed by atoms with Gasteiger partial charge in [0.15, 0.2) is 0 Å². The number of hydrogen-bond acceptors (Lipinski definition) is 3. The third kappa shape index (κ3) is 3.98. The van der Waals surface area contributed by atoms with E-state index in [1.807, 2.05) is 35.9 Å². The Morgan fingerprint density at radius 3 is 2.34 bits per heavy atom. The van der Waals surface area contributed by atoms with Crippen LogP contribution in [0.4, 0.5) is 13.2 Å². The molecular weight excluding hydrogens is 467 g/mol. The summed E-state index contributed by atoms with van der Waals surface area (Å²) in [5, 5.41) is 0.512. The molecule has 1 aliphatic heterocycles. The van der Waals surface area contributed by atoms with E-state index in [-0.39, 0.29) is 37.1 Å². The van der Waals surface area contributed by atoms with Crippen LogP contribution in [0.5, 0.6) is 0 Å². The molecule has 2 aromatic carbocycles. The first kappa shape index (κ1) is 22.6. The molecular formula is C21H19ClF3N3O3S. The number of sulfonamides is 1. The molecule has 1 amide bonds. The summed E-state index contributed by atoms with van der Waals surface area (Å²) in [6.07, 6.45) is -2.96. The molecule has 0 aliphatic carbocycles. The van der Waals surface area contributed by atoms with Crippen molar-refractivity contribution in [1.29, 1.82) is 0 Å². The number of alkyl halides is 3. The van der Waals surface area contributed by atoms with Gasteiger partial charge in [0.05, 0.1) is 16.1 Å². The Bertz CT molecular complexity index is 1300. The van der Waals surface area contributed by atoms with Crippen molar-refractivity contribution < 1.29 is 26.4 Å². The van der Waals surface area contributed by atoms with Gasteiger partial charge >= 0.3 is 6.18 Å². The molecule has 1 aliphatic rings. The molecule has 0 spiro atoms. The van der Waals surface area contributed by atoms with Crippen molar-refractivity contribution in [3.63, 3.8) is 0 Å². The number of piperazine rings is 1. The maximum absolute atomic E-state index is 13.1. The van der Waals surface area contributed by atoms with Crippen LogP contribution in [-0.2, 0) is 23.2 Å². The second-order valence-corrected chi connectivity index (χ2v) is 9.82. The van der Waals surface area contributed by atoms with Crippen molar-refractivity contribution in [2.45, 2.75) is 11.1 Å². The predicted octanol–water partition coefficient (Wildman–Crippen LogP) is 4.00. The Hall–Kier alpha value is -2.56. The fraction of sp³-hybridized carbons (Fsp3) is 0.286. The number of aromatic nitrogens is 1. The van der Waals surface area contributed by atoms with E-state index < -0.39 is 26.7 Å². The van der Waals surface area contributed by atoms with Crippen molar-refractivity contribution in [2.24, 2.45) is 7.05 Å². The third-order valence-electron chi connectivity index (χ3n) is 5.53. The molecule has 1 fully saturated rings. The highest BCUT2D eigenvalue weighted by molar-refractivity contribution is 7.89. The van der Waals surface area contributed by atoms with Crippen LogP contribution in [0.15, 0.2) is 53.6 Å². The van der Waals surface area contributed by atoms with Crippen LogP contribution in [0, 0.1) is 0 Å². The minimum atomic E-state index is -4.70. The van der Waals surface area contributed by atoms with Gasteiger partial charge in [-0.05, 0) is 24.3 Å². The fourth-order valence-corrected chi connectivity index (χ4v) is 5.75. The number of aryl methyl sites for hydroxylation is 1. The smallest absolute Gasteiger partial charge is 0.350 e. The van der Waals surface area contributed by atoms with Crippen LogP contribution < -0.4 is 0 Å². The lowest BCUT2D eigenvalue weighted by Crippen LogP contribution is -2.50. The van der Waals surface area contributed by atoms with Gasteiger partial charge in [-0.3, -0.25) is 4.79 Å². The van der Waals surface area contributed by atoms with Gasteiger partial charge < -0.3 is 9.47 Å². The molecule has 2 heterocycles. The van der Waals surface area contributed by atoms with E-state index in [0.29, 0.717) is 11.6 Å². The summed E-state index contributed by atoms with van der Waals surface area (Å²) in [6.45, 7) is 0.118. The molecule has 0 N–H and O–H groups in total. The van der Waals surface area contributed by atoms with Crippen LogP contribution in [0.3, 0.4) is 0 Å². The van der Waals surface area contributed by atoms with E-state index >= 15 is 0 Å². The van der Waals surface area contributed by atoms with Gasteiger partial charge in [0.1, 0.15) is 4.90 Å². The second kappa shape index (κ2) is 8.09. The summed E-state index contributed by atoms with van der Waals surface area (Å²) < 4.78 is 68.0. The van der Waals surface area contributed by atoms with E-state index in [1.165, 1.54) is 0 Å². The number of carbonyl (C=O) groups excluding carboxylic acids is 1. The first-order chi connectivity index (χ1) is 15.0. The maximum Gasteiger partial charge on any atom is 0.416 e. The van der Waals surface area contributed by atoms with E-state index in [4.69, 9.17) is 11.6 Å². The van der Waals surface area contributed by atoms with E-state index in [2.05, 4.69) is 0 Å². The zero-order chi connectivity index (χ0) is 23.3. The fourth-order valence-electron chi connectivity index (χ4n) is 3.83. The van der Waals surface area contributed by atoms with Crippen molar-refractivity contribution in [3.8, 4) is 0 Å². The summed E-state index contributed by atoms with van der Waals surface area (Å²) in [5.41, 5.74) is 0.321. The maximum atomic E-state index is 13.1. The Morgan fingerprint density at radius 2 is 1.69 bits per heavy atom. The van der Waals surface area contributed by atoms with Crippen LogP contribution in [0.2, 0.25) is 5.02 Å². The van der Waals surface area contributed by atoms with Crippen molar-refractivity contribution in [2.75, 3.05) is 26.2 Å². The lowest BCUT2D eigenvalue weighted by Gasteiger charge is -2.34. The number of rotatable bonds is 3. The molecule has 1 aromatic heterocycles. The normalized spacial score (nSPS) is 16.0. The molecule has 0 radical (unpaired) electrons. The molecule has 4 rings (SSSR count). The van der Waals surface area contributed by atoms with E-state index in [9.17, 15) is 26.4 Å². The number of hydrogen-bond donors (Lipinski definition) is 0. The summed E-state index contributed by atoms with van der Waals surface area (Å²) in [6, 6.07) is 9.67. The summed E-state index contributed by atoms with van der Waals surface area (Å²) >= 11 is 5.93. The number of para-hydroxylation sites is 1. The van der Waals surface area contributed by atoms with Crippen molar-refractivity contribution in [1.82, 2.24) is 13.8 Å². The Morgan fingerprint density at radius 1 is 1.03 bits per heavy atom. The van der Waals surface area contributed by atoms with Gasteiger partial charge in [0.2, 0.25) is 10.0 Å². The largest absolute Gasteiger partial charge is 0.416 e. The number of nitrogens with zero attached hydrogens (tertiary/aromatic N) is 3. The molecule has 32 heavy (non-hydrogen) atoms. The zero-order valence-electron chi connectivity index (χ0n) is 16.9. The molecule has 0 atom stereocenters. The molecule has 3 aromatic rings. The number of fused-ring (bicyclic) bond motifs is 1. The quantitative estimate of drug-likeness (QED) is 0.563. The van der Waals surface area contributed by atoms with Gasteiger partial charge in [-0.15, -0.1) is 0 Å². The van der Waals surface area contributed by atoms with Crippen LogP contribution >= 0.6 is 11.6 Å². The topological polar surface area (TPSA) is 62.6 Å². The molecule has 0 saturated carbocycles. The third-order valence-corrected chi connectivity index (χ3v) is 7.91. The summed E-state index contributed by atoms with van der Waals surface area (Å²) in [4.78, 5) is 14.0. The zero-order valence-corrected chi connectivity index (χ0v) is 18.5. The first-order valence-corrected chi connectivity index (χ1v) is 11.5. The number of carbonyl (C=O) groups is 1. The molecule has 6 nitrogen and oxygen atoms in total. The van der Waals surface area contributed by atoms with Gasteiger partial charge in [-0.2, -0.15) is 17.5 Å². The Balaban J connectivity index is 1.54. The standard InChI is InChI=1S/C21H19ClF3N3O3S/c1-26-13-16(15-4-2-3-5-18(15)26)20(29)27-8-10-28(11-9-27)32(30,31)19-12-14(21(23,24)25)6-7-17(19)22/h2-7,12-13H,8-11H2,1H3. The highest BCUT2D eigenvalue weighted by atomic mass is 35.5. The highest BCUT2D eigenvalue weighted by Gasteiger charge is 2.36. The number of benzene rings is 2. The van der Waals surface area contributed by atoms with Crippen LogP contribution in [0.25, 0.3) is 10.9 Å². The van der Waals surface area contributed by atoms with Crippen molar-refractivity contribution in [3.05, 3.63) is 64.8 Å². The van der Waals surface area contributed by atoms with Gasteiger partial charge in [0.25, 0.3) is 5.91 Å². The minimum Gasteiger partial charge on any atom is -0.350 e. The SMILES string of the molecule is Cn1cc(C(=O)N2CCN(S(=O)(=O)c3cc(C(F)(F)F)ccc3Cl)CC2)c2ccccc21.